The van der Waals surface area contributed by atoms with Crippen LogP contribution >= 0.6 is 0 Å². The summed E-state index contributed by atoms with van der Waals surface area (Å²) >= 11 is 0. The second-order valence-electron chi connectivity index (χ2n) is 8.24. The smallest absolute Gasteiger partial charge is 0.342 e. The molecule has 0 spiro atoms. The lowest BCUT2D eigenvalue weighted by Crippen LogP contribution is -2.29. The lowest BCUT2D eigenvalue weighted by Gasteiger charge is -2.27. The predicted molar refractivity (Wildman–Crippen MR) is 121 cm³/mol. The number of benzene rings is 2. The maximum atomic E-state index is 13.1. The third-order valence-electron chi connectivity index (χ3n) is 5.74. The first-order chi connectivity index (χ1) is 15.1. The molecule has 2 heterocycles. The molecule has 1 fully saturated rings. The molecule has 0 N–H and O–H groups in total. The predicted octanol–water partition coefficient (Wildman–Crippen LogP) is 5.39. The summed E-state index contributed by atoms with van der Waals surface area (Å²) < 4.78 is 11.7. The molecule has 4 rings (SSSR count). The molecule has 0 radical (unpaired) electrons. The lowest BCUT2D eigenvalue weighted by atomic mass is 9.97. The van der Waals surface area contributed by atoms with Crippen molar-refractivity contribution in [2.24, 2.45) is 0 Å². The Hall–Kier alpha value is -2.92. The van der Waals surface area contributed by atoms with Crippen LogP contribution < -0.4 is 0 Å². The fourth-order valence-corrected chi connectivity index (χ4v) is 4.44. The summed E-state index contributed by atoms with van der Waals surface area (Å²) in [5.74, 6) is 0.247. The van der Waals surface area contributed by atoms with Crippen LogP contribution in [-0.2, 0) is 22.5 Å². The van der Waals surface area contributed by atoms with E-state index < -0.39 is 0 Å². The summed E-state index contributed by atoms with van der Waals surface area (Å²) in [5, 5.41) is 0.801. The topological polar surface area (TPSA) is 59.8 Å². The molecule has 1 aliphatic rings. The minimum absolute atomic E-state index is 0.101. The van der Waals surface area contributed by atoms with Crippen molar-refractivity contribution in [3.05, 3.63) is 59.2 Å². The summed E-state index contributed by atoms with van der Waals surface area (Å²) in [6, 6.07) is 13.6. The van der Waals surface area contributed by atoms with E-state index in [2.05, 4.69) is 11.0 Å². The number of Topliss-reactive ketones (excluding diaryl/α,β-unsaturated/α-hetero) is 1. The monoisotopic (exact) mass is 419 g/mol. The van der Waals surface area contributed by atoms with Gasteiger partial charge in [0.05, 0.1) is 6.61 Å². The first-order valence-electron chi connectivity index (χ1n) is 11.1. The first-order valence-corrected chi connectivity index (χ1v) is 11.1. The molecular weight excluding hydrogens is 390 g/mol. The van der Waals surface area contributed by atoms with Crippen LogP contribution in [0.2, 0.25) is 0 Å². The summed E-state index contributed by atoms with van der Waals surface area (Å²) in [6.45, 7) is 6.50. The summed E-state index contributed by atoms with van der Waals surface area (Å²) in [7, 11) is 0. The van der Waals surface area contributed by atoms with Crippen molar-refractivity contribution in [2.45, 2.75) is 46.1 Å². The first kappa shape index (κ1) is 21.3. The van der Waals surface area contributed by atoms with E-state index in [-0.39, 0.29) is 11.8 Å². The van der Waals surface area contributed by atoms with Gasteiger partial charge in [-0.05, 0) is 57.0 Å². The van der Waals surface area contributed by atoms with Crippen molar-refractivity contribution in [3.8, 4) is 11.3 Å². The van der Waals surface area contributed by atoms with Crippen LogP contribution in [0.25, 0.3) is 22.3 Å². The van der Waals surface area contributed by atoms with Crippen molar-refractivity contribution in [3.63, 3.8) is 0 Å². The van der Waals surface area contributed by atoms with Gasteiger partial charge in [0, 0.05) is 23.9 Å². The van der Waals surface area contributed by atoms with Crippen molar-refractivity contribution in [1.82, 2.24) is 4.90 Å². The van der Waals surface area contributed by atoms with E-state index in [9.17, 15) is 9.59 Å². The molecule has 0 amide bonds. The van der Waals surface area contributed by atoms with E-state index in [0.717, 1.165) is 41.7 Å². The summed E-state index contributed by atoms with van der Waals surface area (Å²) in [4.78, 5) is 27.3. The van der Waals surface area contributed by atoms with Gasteiger partial charge in [0.1, 0.15) is 22.7 Å². The maximum Gasteiger partial charge on any atom is 0.342 e. The van der Waals surface area contributed by atoms with E-state index in [1.54, 1.807) is 6.92 Å². The Labute approximate surface area is 183 Å². The highest BCUT2D eigenvalue weighted by Crippen LogP contribution is 2.37. The Bertz CT molecular complexity index is 1080. The van der Waals surface area contributed by atoms with Gasteiger partial charge in [-0.2, -0.15) is 0 Å². The minimum atomic E-state index is -0.376. The quantitative estimate of drug-likeness (QED) is 0.480. The zero-order valence-corrected chi connectivity index (χ0v) is 18.3. The van der Waals surface area contributed by atoms with Crippen molar-refractivity contribution in [2.75, 3.05) is 19.7 Å². The highest BCUT2D eigenvalue weighted by molar-refractivity contribution is 6.10. The Morgan fingerprint density at radius 3 is 2.48 bits per heavy atom. The average molecular weight is 420 g/mol. The Morgan fingerprint density at radius 2 is 1.81 bits per heavy atom. The van der Waals surface area contributed by atoms with E-state index in [1.807, 2.05) is 43.3 Å². The largest absolute Gasteiger partial charge is 0.462 e. The van der Waals surface area contributed by atoms with Crippen molar-refractivity contribution in [1.29, 1.82) is 0 Å². The van der Waals surface area contributed by atoms with E-state index >= 15 is 0 Å². The molecule has 5 heteroatoms. The second-order valence-corrected chi connectivity index (χ2v) is 8.24. The van der Waals surface area contributed by atoms with Gasteiger partial charge in [-0.1, -0.05) is 42.8 Å². The number of piperidine rings is 1. The Morgan fingerprint density at radius 1 is 1.06 bits per heavy atom. The van der Waals surface area contributed by atoms with Gasteiger partial charge >= 0.3 is 5.97 Å². The van der Waals surface area contributed by atoms with Crippen LogP contribution in [-0.4, -0.2) is 36.3 Å². The molecule has 162 valence electrons. The number of hydrogen-bond acceptors (Lipinski definition) is 5. The van der Waals surface area contributed by atoms with Gasteiger partial charge in [0.25, 0.3) is 0 Å². The number of carbonyl (C=O) groups excluding carboxylic acids is 2. The molecule has 0 aliphatic carbocycles. The van der Waals surface area contributed by atoms with Crippen LogP contribution in [0, 0.1) is 0 Å². The normalized spacial score (nSPS) is 14.6. The molecule has 0 bridgehead atoms. The third-order valence-corrected chi connectivity index (χ3v) is 5.74. The highest BCUT2D eigenvalue weighted by atomic mass is 16.5. The summed E-state index contributed by atoms with van der Waals surface area (Å²) in [6.07, 6.45) is 3.97. The van der Waals surface area contributed by atoms with Crippen LogP contribution in [0.5, 0.6) is 0 Å². The minimum Gasteiger partial charge on any atom is -0.462 e. The van der Waals surface area contributed by atoms with Gasteiger partial charge in [-0.3, -0.25) is 9.69 Å². The fraction of sp³-hybridized carbons (Fsp3) is 0.385. The molecule has 1 aliphatic heterocycles. The standard InChI is InChI=1S/C26H29NO4/c1-3-30-26(29)24-23-21(17-27-12-8-5-9-13-27)15-19(14-18(2)28)16-22(23)31-25(24)20-10-6-4-7-11-20/h4,6-7,10-11,15-16H,3,5,8-9,12-14,17H2,1-2H3. The molecular formula is C26H29NO4. The second kappa shape index (κ2) is 9.48. The molecule has 1 aromatic heterocycles. The Kier molecular flexibility index (Phi) is 6.52. The van der Waals surface area contributed by atoms with Crippen LogP contribution in [0.3, 0.4) is 0 Å². The van der Waals surface area contributed by atoms with Crippen molar-refractivity contribution >= 4 is 22.7 Å². The van der Waals surface area contributed by atoms with Gasteiger partial charge in [-0.15, -0.1) is 0 Å². The number of ether oxygens (including phenoxy) is 1. The number of nitrogens with zero attached hydrogens (tertiary/aromatic N) is 1. The maximum absolute atomic E-state index is 13.1. The van der Waals surface area contributed by atoms with E-state index in [4.69, 9.17) is 9.15 Å². The molecule has 0 unspecified atom stereocenters. The number of carbonyl (C=O) groups is 2. The molecule has 0 saturated carbocycles. The molecule has 0 atom stereocenters. The van der Waals surface area contributed by atoms with Gasteiger partial charge in [0.2, 0.25) is 0 Å². The van der Waals surface area contributed by atoms with Crippen LogP contribution in [0.15, 0.2) is 46.9 Å². The zero-order valence-electron chi connectivity index (χ0n) is 18.3. The summed E-state index contributed by atoms with van der Waals surface area (Å²) in [5.41, 5.74) is 3.87. The Balaban J connectivity index is 1.92. The number of esters is 1. The number of furan rings is 1. The van der Waals surface area contributed by atoms with Crippen LogP contribution in [0.1, 0.15) is 54.6 Å². The average Bonchev–Trinajstić information content (AvgIpc) is 3.15. The molecule has 1 saturated heterocycles. The number of fused-ring (bicyclic) bond motifs is 1. The fourth-order valence-electron chi connectivity index (χ4n) is 4.44. The highest BCUT2D eigenvalue weighted by Gasteiger charge is 2.27. The molecule has 31 heavy (non-hydrogen) atoms. The van der Waals surface area contributed by atoms with Gasteiger partial charge < -0.3 is 9.15 Å². The number of ketones is 1. The number of rotatable bonds is 7. The van der Waals surface area contributed by atoms with Gasteiger partial charge in [0.15, 0.2) is 0 Å². The van der Waals surface area contributed by atoms with Crippen LogP contribution in [0.4, 0.5) is 0 Å². The lowest BCUT2D eigenvalue weighted by molar-refractivity contribution is -0.116. The van der Waals surface area contributed by atoms with Crippen molar-refractivity contribution < 1.29 is 18.7 Å². The SMILES string of the molecule is CCOC(=O)c1c(-c2ccccc2)oc2cc(CC(C)=O)cc(CN3CCCCC3)c12. The number of hydrogen-bond donors (Lipinski definition) is 0. The van der Waals surface area contributed by atoms with E-state index in [1.165, 1.54) is 19.3 Å². The zero-order chi connectivity index (χ0) is 21.8. The van der Waals surface area contributed by atoms with Gasteiger partial charge in [-0.25, -0.2) is 4.79 Å². The molecule has 3 aromatic rings. The third kappa shape index (κ3) is 4.72. The van der Waals surface area contributed by atoms with E-state index in [0.29, 0.717) is 29.9 Å². The molecule has 5 nitrogen and oxygen atoms in total. The molecule has 2 aromatic carbocycles. The number of likely N-dealkylation sites (tertiary alicyclic amines) is 1.